The Hall–Kier alpha value is -8.47. The van der Waals surface area contributed by atoms with Gasteiger partial charge >= 0.3 is 0 Å². The molecule has 0 amide bonds. The Bertz CT molecular complexity index is 3650. The van der Waals surface area contributed by atoms with Crippen LogP contribution in [0.5, 0.6) is 0 Å². The van der Waals surface area contributed by atoms with E-state index in [9.17, 15) is 0 Å². The molecule has 4 heteroatoms. The average molecular weight is 804 g/mol. The lowest BCUT2D eigenvalue weighted by Gasteiger charge is -2.16. The summed E-state index contributed by atoms with van der Waals surface area (Å²) >= 11 is 0. The summed E-state index contributed by atoms with van der Waals surface area (Å²) in [4.78, 5) is 15.6. The van der Waals surface area contributed by atoms with Crippen molar-refractivity contribution in [3.63, 3.8) is 0 Å². The van der Waals surface area contributed by atoms with E-state index in [1.165, 1.54) is 5.56 Å². The molecule has 9 aromatic carbocycles. The minimum Gasteiger partial charge on any atom is -0.456 e. The molecule has 0 aliphatic carbocycles. The Morgan fingerprint density at radius 1 is 0.286 bits per heavy atom. The molecular weight excluding hydrogens is 767 g/mol. The number of fused-ring (bicyclic) bond motifs is 6. The van der Waals surface area contributed by atoms with Gasteiger partial charge in [0, 0.05) is 54.7 Å². The molecule has 0 aliphatic heterocycles. The van der Waals surface area contributed by atoms with Crippen LogP contribution in [0, 0.1) is 0 Å². The molecule has 0 radical (unpaired) electrons. The maximum absolute atomic E-state index is 6.63. The fraction of sp³-hybridized carbons (Fsp3) is 0. The zero-order chi connectivity index (χ0) is 41.7. The molecule has 12 rings (SSSR count). The fourth-order valence-electron chi connectivity index (χ4n) is 9.06. The highest BCUT2D eigenvalue weighted by Crippen LogP contribution is 2.46. The normalized spacial score (nSPS) is 11.5. The summed E-state index contributed by atoms with van der Waals surface area (Å²) < 4.78 is 6.63. The van der Waals surface area contributed by atoms with Gasteiger partial charge in [0.1, 0.15) is 11.2 Å². The maximum atomic E-state index is 6.63. The van der Waals surface area contributed by atoms with Crippen LogP contribution in [0.15, 0.2) is 229 Å². The van der Waals surface area contributed by atoms with Crippen LogP contribution in [-0.2, 0) is 0 Å². The largest absolute Gasteiger partial charge is 0.456 e. The Morgan fingerprint density at radius 3 is 1.46 bits per heavy atom. The number of furan rings is 1. The first kappa shape index (κ1) is 36.4. The van der Waals surface area contributed by atoms with Gasteiger partial charge < -0.3 is 4.42 Å². The maximum Gasteiger partial charge on any atom is 0.160 e. The first-order valence-corrected chi connectivity index (χ1v) is 21.3. The second-order valence-corrected chi connectivity index (χ2v) is 15.9. The molecule has 0 atom stereocenters. The van der Waals surface area contributed by atoms with Crippen molar-refractivity contribution in [2.75, 3.05) is 0 Å². The number of nitrogens with zero attached hydrogens (tertiary/aromatic N) is 3. The minimum atomic E-state index is 0.689. The predicted molar refractivity (Wildman–Crippen MR) is 260 cm³/mol. The predicted octanol–water partition coefficient (Wildman–Crippen LogP) is 15.7. The Morgan fingerprint density at radius 2 is 0.794 bits per heavy atom. The van der Waals surface area contributed by atoms with Crippen LogP contribution in [0.2, 0.25) is 0 Å². The van der Waals surface area contributed by atoms with Gasteiger partial charge in [0.25, 0.3) is 0 Å². The van der Waals surface area contributed by atoms with Gasteiger partial charge in [0.05, 0.1) is 22.6 Å². The number of aromatic nitrogens is 3. The third-order valence-electron chi connectivity index (χ3n) is 12.1. The van der Waals surface area contributed by atoms with E-state index in [1.54, 1.807) is 0 Å². The molecule has 3 heterocycles. The second-order valence-electron chi connectivity index (χ2n) is 15.9. The highest BCUT2D eigenvalue weighted by Gasteiger charge is 2.22. The summed E-state index contributed by atoms with van der Waals surface area (Å²) in [6, 6.07) is 78.5. The molecule has 0 saturated carbocycles. The zero-order valence-corrected chi connectivity index (χ0v) is 34.1. The van der Waals surface area contributed by atoms with Crippen LogP contribution in [0.3, 0.4) is 0 Å². The van der Waals surface area contributed by atoms with Crippen molar-refractivity contribution in [1.82, 2.24) is 15.0 Å². The SMILES string of the molecule is c1ccc(-c2cccc(-c3cc(-c4cccc(-c5ccc(-c6c7c(cc8c(-c9ccccc9)nc9ccccc9c68)oc6ccccc67)cc5)c4)nc(-c4ccccc4)n3)c2)cc1. The van der Waals surface area contributed by atoms with Gasteiger partial charge in [0.15, 0.2) is 5.82 Å². The van der Waals surface area contributed by atoms with E-state index >= 15 is 0 Å². The van der Waals surface area contributed by atoms with E-state index in [2.05, 4.69) is 188 Å². The van der Waals surface area contributed by atoms with Crippen molar-refractivity contribution >= 4 is 43.6 Å². The summed E-state index contributed by atoms with van der Waals surface area (Å²) in [5, 5.41) is 5.53. The van der Waals surface area contributed by atoms with Crippen molar-refractivity contribution in [2.24, 2.45) is 0 Å². The molecule has 0 fully saturated rings. The first-order chi connectivity index (χ1) is 31.2. The molecule has 4 nitrogen and oxygen atoms in total. The quantitative estimate of drug-likeness (QED) is 0.151. The lowest BCUT2D eigenvalue weighted by molar-refractivity contribution is 0.669. The van der Waals surface area contributed by atoms with E-state index in [1.807, 2.05) is 36.4 Å². The van der Waals surface area contributed by atoms with Gasteiger partial charge in [-0.1, -0.05) is 188 Å². The lowest BCUT2D eigenvalue weighted by Crippen LogP contribution is -1.96. The van der Waals surface area contributed by atoms with Gasteiger partial charge in [-0.3, -0.25) is 0 Å². The fourth-order valence-corrected chi connectivity index (χ4v) is 9.06. The second kappa shape index (κ2) is 15.2. The molecule has 294 valence electrons. The van der Waals surface area contributed by atoms with Crippen LogP contribution < -0.4 is 0 Å². The number of hydrogen-bond donors (Lipinski definition) is 0. The van der Waals surface area contributed by atoms with Crippen LogP contribution in [0.1, 0.15) is 0 Å². The first-order valence-electron chi connectivity index (χ1n) is 21.3. The number of rotatable bonds is 7. The molecule has 63 heavy (non-hydrogen) atoms. The van der Waals surface area contributed by atoms with Gasteiger partial charge in [-0.2, -0.15) is 0 Å². The summed E-state index contributed by atoms with van der Waals surface area (Å²) in [6.45, 7) is 0. The molecular formula is C59H37N3O. The van der Waals surface area contributed by atoms with Crippen molar-refractivity contribution in [3.05, 3.63) is 224 Å². The number of benzene rings is 9. The van der Waals surface area contributed by atoms with Crippen LogP contribution in [0.25, 0.3) is 122 Å². The monoisotopic (exact) mass is 803 g/mol. The summed E-state index contributed by atoms with van der Waals surface area (Å²) in [6.07, 6.45) is 0. The number of hydrogen-bond acceptors (Lipinski definition) is 4. The standard InChI is InChI=1S/C59H37N3O/c1-4-16-38(17-5-1)43-22-14-24-45(34-43)51-37-52(62-59(61-51)42-20-8-3-9-21-42)46-25-15-23-44(35-46)39-30-32-40(33-31-39)55-56-47-26-10-12-28-50(47)60-58(41-18-6-2-7-19-41)49(56)36-54-57(55)48-27-11-13-29-53(48)63-54/h1-37H. The molecule has 0 bridgehead atoms. The molecule has 0 saturated heterocycles. The zero-order valence-electron chi connectivity index (χ0n) is 34.1. The van der Waals surface area contributed by atoms with E-state index in [0.29, 0.717) is 5.82 Å². The molecule has 0 N–H and O–H groups in total. The van der Waals surface area contributed by atoms with Crippen molar-refractivity contribution in [3.8, 4) is 78.5 Å². The third kappa shape index (κ3) is 6.53. The Labute approximate surface area is 364 Å². The van der Waals surface area contributed by atoms with Crippen molar-refractivity contribution < 1.29 is 4.42 Å². The van der Waals surface area contributed by atoms with E-state index < -0.39 is 0 Å². The summed E-state index contributed by atoms with van der Waals surface area (Å²) in [5.41, 5.74) is 16.2. The highest BCUT2D eigenvalue weighted by atomic mass is 16.3. The summed E-state index contributed by atoms with van der Waals surface area (Å²) in [5.74, 6) is 0.689. The molecule has 3 aromatic heterocycles. The van der Waals surface area contributed by atoms with E-state index in [0.717, 1.165) is 111 Å². The smallest absolute Gasteiger partial charge is 0.160 e. The molecule has 0 unspecified atom stereocenters. The third-order valence-corrected chi connectivity index (χ3v) is 12.1. The summed E-state index contributed by atoms with van der Waals surface area (Å²) in [7, 11) is 0. The van der Waals surface area contributed by atoms with Gasteiger partial charge in [0.2, 0.25) is 0 Å². The van der Waals surface area contributed by atoms with Crippen LogP contribution in [-0.4, -0.2) is 15.0 Å². The van der Waals surface area contributed by atoms with Crippen LogP contribution in [0.4, 0.5) is 0 Å². The van der Waals surface area contributed by atoms with Gasteiger partial charge in [-0.05, 0) is 64.2 Å². The van der Waals surface area contributed by atoms with Crippen molar-refractivity contribution in [1.29, 1.82) is 0 Å². The van der Waals surface area contributed by atoms with Gasteiger partial charge in [-0.15, -0.1) is 0 Å². The number of para-hydroxylation sites is 2. The van der Waals surface area contributed by atoms with Gasteiger partial charge in [-0.25, -0.2) is 15.0 Å². The average Bonchev–Trinajstić information content (AvgIpc) is 3.74. The Kier molecular flexibility index (Phi) is 8.79. The number of pyridine rings is 1. The van der Waals surface area contributed by atoms with Crippen molar-refractivity contribution in [2.45, 2.75) is 0 Å². The lowest BCUT2D eigenvalue weighted by atomic mass is 9.89. The van der Waals surface area contributed by atoms with E-state index in [4.69, 9.17) is 19.4 Å². The highest BCUT2D eigenvalue weighted by molar-refractivity contribution is 6.27. The van der Waals surface area contributed by atoms with Crippen LogP contribution >= 0.6 is 0 Å². The Balaban J connectivity index is 1.000. The molecule has 0 spiro atoms. The topological polar surface area (TPSA) is 51.8 Å². The van der Waals surface area contributed by atoms with E-state index in [-0.39, 0.29) is 0 Å². The minimum absolute atomic E-state index is 0.689. The molecule has 0 aliphatic rings. The molecule has 12 aromatic rings.